The zero-order chi connectivity index (χ0) is 26.5. The van der Waals surface area contributed by atoms with E-state index in [0.717, 1.165) is 24.2 Å². The van der Waals surface area contributed by atoms with Gasteiger partial charge in [0, 0.05) is 13.8 Å². The molecule has 0 atom stereocenters. The molecule has 2 aromatic carbocycles. The molecule has 0 heterocycles. The lowest BCUT2D eigenvalue weighted by Gasteiger charge is -2.07. The highest BCUT2D eigenvalue weighted by molar-refractivity contribution is 6.67. The lowest BCUT2D eigenvalue weighted by molar-refractivity contribution is -0.111. The molecule has 0 radical (unpaired) electrons. The molecule has 0 spiro atoms. The van der Waals surface area contributed by atoms with E-state index in [2.05, 4.69) is 44.9 Å². The van der Waals surface area contributed by atoms with Crippen molar-refractivity contribution in [3.05, 3.63) is 59.7 Å². The van der Waals surface area contributed by atoms with Crippen LogP contribution < -0.4 is 10.9 Å². The van der Waals surface area contributed by atoms with E-state index >= 15 is 0 Å². The Hall–Kier alpha value is -3.94. The number of hydrogen-bond donors (Lipinski definition) is 2. The first-order valence-corrected chi connectivity index (χ1v) is 12.1. The van der Waals surface area contributed by atoms with Crippen LogP contribution in [-0.4, -0.2) is 47.5 Å². The number of carbonyl (C=O) groups is 2. The van der Waals surface area contributed by atoms with Gasteiger partial charge in [-0.25, -0.2) is 0 Å². The van der Waals surface area contributed by atoms with Crippen LogP contribution in [0.5, 0.6) is 0 Å². The number of anilines is 2. The van der Waals surface area contributed by atoms with Crippen LogP contribution in [-0.2, 0) is 22.4 Å². The zero-order valence-corrected chi connectivity index (χ0v) is 22.1. The molecule has 190 valence electrons. The Morgan fingerprint density at radius 2 is 0.944 bits per heavy atom. The third-order valence-corrected chi connectivity index (χ3v) is 5.47. The molecule has 0 saturated heterocycles. The van der Waals surface area contributed by atoms with Crippen molar-refractivity contribution in [3.8, 4) is 0 Å². The van der Waals surface area contributed by atoms with Gasteiger partial charge in [0.1, 0.15) is 11.4 Å². The van der Waals surface area contributed by atoms with E-state index in [9.17, 15) is 9.59 Å². The van der Waals surface area contributed by atoms with Crippen molar-refractivity contribution in [2.45, 2.75) is 54.4 Å². The minimum Gasteiger partial charge on any atom is -0.293 e. The maximum atomic E-state index is 12.1. The Bertz CT molecular complexity index is 1070. The molecule has 2 N–H and O–H groups in total. The maximum absolute atomic E-state index is 12.1. The van der Waals surface area contributed by atoms with Crippen LogP contribution in [0.25, 0.3) is 0 Å². The second-order valence-electron chi connectivity index (χ2n) is 8.29. The van der Waals surface area contributed by atoms with Crippen LogP contribution >= 0.6 is 0 Å². The van der Waals surface area contributed by atoms with Crippen molar-refractivity contribution in [1.29, 1.82) is 0 Å². The van der Waals surface area contributed by atoms with E-state index in [1.165, 1.54) is 25.0 Å². The highest BCUT2D eigenvalue weighted by atomic mass is 16.1. The average Bonchev–Trinajstić information content (AvgIpc) is 2.87. The van der Waals surface area contributed by atoms with Gasteiger partial charge in [-0.15, -0.1) is 0 Å². The lowest BCUT2D eigenvalue weighted by Crippen LogP contribution is -2.22. The molecule has 0 unspecified atom stereocenters. The highest BCUT2D eigenvalue weighted by Gasteiger charge is 2.11. The Labute approximate surface area is 213 Å². The van der Waals surface area contributed by atoms with E-state index in [1.807, 2.05) is 48.5 Å². The van der Waals surface area contributed by atoms with Crippen LogP contribution in [0.15, 0.2) is 68.7 Å². The third kappa shape index (κ3) is 9.02. The largest absolute Gasteiger partial charge is 0.293 e. The summed E-state index contributed by atoms with van der Waals surface area (Å²) in [7, 11) is 0. The normalized spacial score (nSPS) is 12.9. The van der Waals surface area contributed by atoms with Crippen molar-refractivity contribution in [3.63, 3.8) is 0 Å². The standard InChI is InChI=1S/C28H36N6O2/c1-7-23-9-13-25(14-10-23)31-33-27(21(5)35)19(3)29-17-18-30-20(4)28(22(6)36)34-32-26-15-11-24(8-2)12-16-26/h9-16,31-32H,7-8,17-18H2,1-6H3/b29-19?,30-20?,33-27-,34-28+. The first kappa shape index (κ1) is 28.3. The molecular weight excluding hydrogens is 452 g/mol. The highest BCUT2D eigenvalue weighted by Crippen LogP contribution is 2.11. The number of aliphatic imine (C=N–C) groups is 2. The average molecular weight is 489 g/mol. The zero-order valence-electron chi connectivity index (χ0n) is 22.1. The molecule has 0 saturated carbocycles. The van der Waals surface area contributed by atoms with Gasteiger partial charge in [0.25, 0.3) is 0 Å². The Morgan fingerprint density at radius 1 is 0.611 bits per heavy atom. The van der Waals surface area contributed by atoms with Crippen LogP contribution in [0.2, 0.25) is 0 Å². The number of hydrogen-bond acceptors (Lipinski definition) is 8. The number of carbonyl (C=O) groups excluding carboxylic acids is 2. The molecule has 2 rings (SSSR count). The van der Waals surface area contributed by atoms with Crippen molar-refractivity contribution in [2.75, 3.05) is 23.9 Å². The molecule has 8 nitrogen and oxygen atoms in total. The van der Waals surface area contributed by atoms with Crippen LogP contribution in [0, 0.1) is 0 Å². The van der Waals surface area contributed by atoms with E-state index in [0.29, 0.717) is 24.5 Å². The number of benzene rings is 2. The monoisotopic (exact) mass is 488 g/mol. The van der Waals surface area contributed by atoms with Crippen molar-refractivity contribution >= 4 is 45.8 Å². The summed E-state index contributed by atoms with van der Waals surface area (Å²) in [6.07, 6.45) is 1.91. The summed E-state index contributed by atoms with van der Waals surface area (Å²) in [5.74, 6) is -0.365. The Morgan fingerprint density at radius 3 is 1.22 bits per heavy atom. The summed E-state index contributed by atoms with van der Waals surface area (Å²) in [6.45, 7) is 11.3. The quantitative estimate of drug-likeness (QED) is 0.231. The molecule has 8 heteroatoms. The van der Waals surface area contributed by atoms with Crippen LogP contribution in [0.1, 0.15) is 52.7 Å². The molecule has 0 amide bonds. The first-order chi connectivity index (χ1) is 17.2. The van der Waals surface area contributed by atoms with E-state index in [4.69, 9.17) is 0 Å². The van der Waals surface area contributed by atoms with Crippen LogP contribution in [0.4, 0.5) is 11.4 Å². The minimum atomic E-state index is -0.183. The predicted molar refractivity (Wildman–Crippen MR) is 151 cm³/mol. The van der Waals surface area contributed by atoms with Gasteiger partial charge in [-0.2, -0.15) is 10.2 Å². The van der Waals surface area contributed by atoms with Gasteiger partial charge in [0.05, 0.1) is 35.9 Å². The first-order valence-electron chi connectivity index (χ1n) is 12.1. The SMILES string of the molecule is CCc1ccc(N/N=C(\C(C)=O)C(C)=NCCN=C(C)/C(=N\Nc2ccc(CC)cc2)C(C)=O)cc1. The van der Waals surface area contributed by atoms with Crippen molar-refractivity contribution in [2.24, 2.45) is 20.2 Å². The molecule has 0 aliphatic rings. The summed E-state index contributed by atoms with van der Waals surface area (Å²) in [5, 5.41) is 8.51. The molecule has 2 aromatic rings. The second kappa shape index (κ2) is 14.5. The molecule has 0 aliphatic carbocycles. The summed E-state index contributed by atoms with van der Waals surface area (Å²) >= 11 is 0. The molecule has 0 bridgehead atoms. The van der Waals surface area contributed by atoms with E-state index in [1.54, 1.807) is 13.8 Å². The number of rotatable bonds is 13. The molecule has 0 fully saturated rings. The summed E-state index contributed by atoms with van der Waals surface area (Å²) in [5.41, 5.74) is 11.5. The number of hydrazone groups is 2. The fourth-order valence-corrected chi connectivity index (χ4v) is 3.28. The number of nitrogens with zero attached hydrogens (tertiary/aromatic N) is 4. The molecule has 0 aliphatic heterocycles. The third-order valence-electron chi connectivity index (χ3n) is 5.47. The second-order valence-corrected chi connectivity index (χ2v) is 8.29. The number of nitrogens with one attached hydrogen (secondary N) is 2. The predicted octanol–water partition coefficient (Wildman–Crippen LogP) is 5.15. The molecule has 0 aromatic heterocycles. The van der Waals surface area contributed by atoms with Gasteiger partial charge < -0.3 is 0 Å². The fourth-order valence-electron chi connectivity index (χ4n) is 3.28. The summed E-state index contributed by atoms with van der Waals surface area (Å²) in [6, 6.07) is 15.8. The van der Waals surface area contributed by atoms with Crippen LogP contribution in [0.3, 0.4) is 0 Å². The van der Waals surface area contributed by atoms with Gasteiger partial charge in [-0.1, -0.05) is 38.1 Å². The van der Waals surface area contributed by atoms with Crippen molar-refractivity contribution < 1.29 is 9.59 Å². The van der Waals surface area contributed by atoms with E-state index in [-0.39, 0.29) is 23.0 Å². The molecular formula is C28H36N6O2. The number of ketones is 2. The van der Waals surface area contributed by atoms with Gasteiger partial charge in [-0.05, 0) is 62.1 Å². The Kier molecular flexibility index (Phi) is 11.4. The maximum Gasteiger partial charge on any atom is 0.181 e. The summed E-state index contributed by atoms with van der Waals surface area (Å²) in [4.78, 5) is 33.1. The van der Waals surface area contributed by atoms with Gasteiger partial charge in [0.2, 0.25) is 0 Å². The smallest absolute Gasteiger partial charge is 0.181 e. The lowest BCUT2D eigenvalue weighted by atomic mass is 10.1. The van der Waals surface area contributed by atoms with Gasteiger partial charge in [-0.3, -0.25) is 30.4 Å². The van der Waals surface area contributed by atoms with Gasteiger partial charge >= 0.3 is 0 Å². The summed E-state index contributed by atoms with van der Waals surface area (Å²) < 4.78 is 0. The number of Topliss-reactive ketones (excluding diaryl/α,β-unsaturated/α-hetero) is 2. The molecule has 36 heavy (non-hydrogen) atoms. The number of aryl methyl sites for hydroxylation is 2. The van der Waals surface area contributed by atoms with E-state index < -0.39 is 0 Å². The minimum absolute atomic E-state index is 0.183. The van der Waals surface area contributed by atoms with Gasteiger partial charge in [0.15, 0.2) is 11.6 Å². The fraction of sp³-hybridized carbons (Fsp3) is 0.357. The Balaban J connectivity index is 2.02. The van der Waals surface area contributed by atoms with Crippen molar-refractivity contribution in [1.82, 2.24) is 0 Å². The topological polar surface area (TPSA) is 108 Å².